The van der Waals surface area contributed by atoms with Gasteiger partial charge >= 0.3 is 0 Å². The lowest BCUT2D eigenvalue weighted by molar-refractivity contribution is 0.134. The third-order valence-electron chi connectivity index (χ3n) is 3.63. The molecular weight excluding hydrogens is 332 g/mol. The number of aliphatic hydroxyl groups is 1. The number of hydrogen-bond donors (Lipinski definition) is 2. The van der Waals surface area contributed by atoms with Gasteiger partial charge in [0.1, 0.15) is 4.90 Å². The van der Waals surface area contributed by atoms with E-state index in [1.54, 1.807) is 0 Å². The molecule has 1 aliphatic carbocycles. The predicted octanol–water partition coefficient (Wildman–Crippen LogP) is 1.68. The molecular formula is C12H17BrN2O3S. The Morgan fingerprint density at radius 1 is 1.37 bits per heavy atom. The lowest BCUT2D eigenvalue weighted by atomic mass is 9.88. The highest BCUT2D eigenvalue weighted by molar-refractivity contribution is 9.10. The Morgan fingerprint density at radius 3 is 2.63 bits per heavy atom. The van der Waals surface area contributed by atoms with Crippen LogP contribution in [0.2, 0.25) is 0 Å². The first kappa shape index (κ1) is 14.9. The molecule has 0 spiro atoms. The summed E-state index contributed by atoms with van der Waals surface area (Å²) in [4.78, 5) is 3.98. The molecule has 0 saturated heterocycles. The molecule has 2 N–H and O–H groups in total. The molecule has 0 aliphatic heterocycles. The van der Waals surface area contributed by atoms with E-state index < -0.39 is 10.0 Å². The van der Waals surface area contributed by atoms with Crippen molar-refractivity contribution in [3.8, 4) is 0 Å². The zero-order valence-corrected chi connectivity index (χ0v) is 12.9. The highest BCUT2D eigenvalue weighted by Crippen LogP contribution is 2.37. The number of aromatic nitrogens is 1. The van der Waals surface area contributed by atoms with Crippen molar-refractivity contribution in [3.63, 3.8) is 0 Å². The van der Waals surface area contributed by atoms with Crippen LogP contribution in [0.1, 0.15) is 25.7 Å². The molecule has 0 unspecified atom stereocenters. The van der Waals surface area contributed by atoms with Crippen molar-refractivity contribution < 1.29 is 13.5 Å². The van der Waals surface area contributed by atoms with Gasteiger partial charge in [0.2, 0.25) is 10.0 Å². The fourth-order valence-corrected chi connectivity index (χ4v) is 4.05. The Labute approximate surface area is 121 Å². The van der Waals surface area contributed by atoms with Crippen LogP contribution in [0.25, 0.3) is 0 Å². The molecule has 2 rings (SSSR count). The first-order chi connectivity index (χ1) is 8.97. The van der Waals surface area contributed by atoms with E-state index in [1.807, 2.05) is 0 Å². The maximum absolute atomic E-state index is 12.1. The SMILES string of the molecule is O=S(=O)(NCC1(CO)CCCC1)c1cncc(Br)c1. The molecule has 0 atom stereocenters. The van der Waals surface area contributed by atoms with Gasteiger partial charge < -0.3 is 5.11 Å². The molecule has 1 fully saturated rings. The van der Waals surface area contributed by atoms with Crippen molar-refractivity contribution >= 4 is 26.0 Å². The van der Waals surface area contributed by atoms with Crippen molar-refractivity contribution in [3.05, 3.63) is 22.9 Å². The first-order valence-corrected chi connectivity index (χ1v) is 8.46. The third kappa shape index (κ3) is 3.53. The summed E-state index contributed by atoms with van der Waals surface area (Å²) < 4.78 is 27.5. The topological polar surface area (TPSA) is 79.3 Å². The van der Waals surface area contributed by atoms with Gasteiger partial charge in [0.25, 0.3) is 0 Å². The minimum Gasteiger partial charge on any atom is -0.396 e. The molecule has 0 radical (unpaired) electrons. The van der Waals surface area contributed by atoms with E-state index in [1.165, 1.54) is 18.5 Å². The molecule has 1 aromatic rings. The normalized spacial score (nSPS) is 18.6. The minimum atomic E-state index is -3.57. The standard InChI is InChI=1S/C12H17BrN2O3S/c13-10-5-11(7-14-6-10)19(17,18)15-8-12(9-16)3-1-2-4-12/h5-7,15-16H,1-4,8-9H2. The van der Waals surface area contributed by atoms with Crippen LogP contribution in [0, 0.1) is 5.41 Å². The van der Waals surface area contributed by atoms with E-state index in [-0.39, 0.29) is 23.5 Å². The molecule has 1 aliphatic rings. The Bertz CT molecular complexity index is 542. The number of pyridine rings is 1. The maximum atomic E-state index is 12.1. The summed E-state index contributed by atoms with van der Waals surface area (Å²) in [6, 6.07) is 1.51. The van der Waals surface area contributed by atoms with Gasteiger partial charge in [0.05, 0.1) is 0 Å². The number of halogens is 1. The van der Waals surface area contributed by atoms with Gasteiger partial charge in [-0.2, -0.15) is 0 Å². The Kier molecular flexibility index (Phi) is 4.60. The van der Waals surface area contributed by atoms with Gasteiger partial charge in [-0.25, -0.2) is 13.1 Å². The van der Waals surface area contributed by atoms with E-state index in [0.717, 1.165) is 25.7 Å². The Hall–Kier alpha value is -0.500. The summed E-state index contributed by atoms with van der Waals surface area (Å²) in [6.07, 6.45) is 6.66. The molecule has 0 amide bonds. The van der Waals surface area contributed by atoms with E-state index in [2.05, 4.69) is 25.6 Å². The van der Waals surface area contributed by atoms with Crippen molar-refractivity contribution in [1.82, 2.24) is 9.71 Å². The molecule has 0 aromatic carbocycles. The molecule has 1 aromatic heterocycles. The van der Waals surface area contributed by atoms with E-state index in [9.17, 15) is 13.5 Å². The van der Waals surface area contributed by atoms with Gasteiger partial charge in [-0.15, -0.1) is 0 Å². The quantitative estimate of drug-likeness (QED) is 0.848. The lowest BCUT2D eigenvalue weighted by Gasteiger charge is -2.26. The lowest BCUT2D eigenvalue weighted by Crippen LogP contribution is -2.38. The second kappa shape index (κ2) is 5.87. The minimum absolute atomic E-state index is 0.0201. The number of nitrogens with zero attached hydrogens (tertiary/aromatic N) is 1. The summed E-state index contributed by atoms with van der Waals surface area (Å²) in [5, 5.41) is 9.47. The van der Waals surface area contributed by atoms with Crippen LogP contribution < -0.4 is 4.72 Å². The van der Waals surface area contributed by atoms with Gasteiger partial charge in [0.15, 0.2) is 0 Å². The highest BCUT2D eigenvalue weighted by Gasteiger charge is 2.34. The smallest absolute Gasteiger partial charge is 0.242 e. The number of aliphatic hydroxyl groups excluding tert-OH is 1. The second-order valence-corrected chi connectivity index (χ2v) is 7.71. The van der Waals surface area contributed by atoms with Gasteiger partial charge in [-0.05, 0) is 34.8 Å². The van der Waals surface area contributed by atoms with Crippen LogP contribution in [0.3, 0.4) is 0 Å². The highest BCUT2D eigenvalue weighted by atomic mass is 79.9. The van der Waals surface area contributed by atoms with Crippen molar-refractivity contribution in [2.24, 2.45) is 5.41 Å². The molecule has 0 bridgehead atoms. The van der Waals surface area contributed by atoms with Crippen LogP contribution in [-0.4, -0.2) is 31.7 Å². The van der Waals surface area contributed by atoms with Crippen LogP contribution in [0.4, 0.5) is 0 Å². The average Bonchev–Trinajstić information content (AvgIpc) is 2.86. The summed E-state index contributed by atoms with van der Waals surface area (Å²) in [6.45, 7) is 0.296. The monoisotopic (exact) mass is 348 g/mol. The largest absolute Gasteiger partial charge is 0.396 e. The third-order valence-corrected chi connectivity index (χ3v) is 5.43. The van der Waals surface area contributed by atoms with E-state index >= 15 is 0 Å². The Balaban J connectivity index is 2.09. The summed E-state index contributed by atoms with van der Waals surface area (Å²) in [5.74, 6) is 0. The zero-order valence-electron chi connectivity index (χ0n) is 10.5. The summed E-state index contributed by atoms with van der Waals surface area (Å²) in [7, 11) is -3.57. The first-order valence-electron chi connectivity index (χ1n) is 6.19. The average molecular weight is 349 g/mol. The summed E-state index contributed by atoms with van der Waals surface area (Å²) in [5.41, 5.74) is -0.299. The fourth-order valence-electron chi connectivity index (χ4n) is 2.39. The van der Waals surface area contributed by atoms with Gasteiger partial charge in [-0.3, -0.25) is 4.98 Å². The van der Waals surface area contributed by atoms with Gasteiger partial charge in [0, 0.05) is 35.4 Å². The molecule has 106 valence electrons. The van der Waals surface area contributed by atoms with Crippen molar-refractivity contribution in [1.29, 1.82) is 0 Å². The number of rotatable bonds is 5. The van der Waals surface area contributed by atoms with Crippen molar-refractivity contribution in [2.45, 2.75) is 30.6 Å². The van der Waals surface area contributed by atoms with E-state index in [0.29, 0.717) is 4.47 Å². The number of sulfonamides is 1. The molecule has 19 heavy (non-hydrogen) atoms. The molecule has 5 nitrogen and oxygen atoms in total. The second-order valence-electron chi connectivity index (χ2n) is 5.03. The molecule has 7 heteroatoms. The fraction of sp³-hybridized carbons (Fsp3) is 0.583. The predicted molar refractivity (Wildman–Crippen MR) is 75.1 cm³/mol. The van der Waals surface area contributed by atoms with Crippen LogP contribution in [-0.2, 0) is 10.0 Å². The zero-order chi connectivity index (χ0) is 13.9. The number of nitrogens with one attached hydrogen (secondary N) is 1. The van der Waals surface area contributed by atoms with Crippen LogP contribution in [0.5, 0.6) is 0 Å². The molecule has 1 heterocycles. The molecule has 1 saturated carbocycles. The maximum Gasteiger partial charge on any atom is 0.242 e. The summed E-state index contributed by atoms with van der Waals surface area (Å²) >= 11 is 3.20. The van der Waals surface area contributed by atoms with E-state index in [4.69, 9.17) is 0 Å². The Morgan fingerprint density at radius 2 is 2.05 bits per heavy atom. The van der Waals surface area contributed by atoms with Crippen LogP contribution >= 0.6 is 15.9 Å². The van der Waals surface area contributed by atoms with Gasteiger partial charge in [-0.1, -0.05) is 12.8 Å². The number of hydrogen-bond acceptors (Lipinski definition) is 4. The van der Waals surface area contributed by atoms with Crippen LogP contribution in [0.15, 0.2) is 27.8 Å². The van der Waals surface area contributed by atoms with Crippen molar-refractivity contribution in [2.75, 3.05) is 13.2 Å².